The molecule has 2 aliphatic heterocycles. The Morgan fingerprint density at radius 2 is 1.79 bits per heavy atom. The number of Topliss-reactive ketones (excluding diaryl/α,β-unsaturated/α-hetero) is 1. The molecule has 8 heteroatoms. The Morgan fingerprint density at radius 1 is 1.03 bits per heavy atom. The molecule has 0 bridgehead atoms. The van der Waals surface area contributed by atoms with Crippen molar-refractivity contribution in [2.75, 3.05) is 23.7 Å². The van der Waals surface area contributed by atoms with E-state index in [1.165, 1.54) is 12.1 Å². The maximum atomic E-state index is 13.0. The predicted octanol–water partition coefficient (Wildman–Crippen LogP) is 4.30. The van der Waals surface area contributed by atoms with Crippen molar-refractivity contribution in [3.05, 3.63) is 99.6 Å². The molecule has 3 aromatic carbocycles. The summed E-state index contributed by atoms with van der Waals surface area (Å²) in [6.07, 6.45) is 0.606. The molecule has 8 nitrogen and oxygen atoms in total. The Balaban J connectivity index is 1.51. The lowest BCUT2D eigenvalue weighted by Gasteiger charge is -2.16. The van der Waals surface area contributed by atoms with Crippen LogP contribution in [0.15, 0.2) is 72.8 Å². The lowest BCUT2D eigenvalue weighted by molar-refractivity contribution is -0.384. The van der Waals surface area contributed by atoms with Crippen molar-refractivity contribution in [1.82, 2.24) is 4.90 Å². The van der Waals surface area contributed by atoms with E-state index in [4.69, 9.17) is 0 Å². The van der Waals surface area contributed by atoms with E-state index in [0.717, 1.165) is 23.4 Å². The highest BCUT2D eigenvalue weighted by atomic mass is 16.6. The number of carbonyl (C=O) groups excluding carboxylic acids is 2. The van der Waals surface area contributed by atoms with Crippen LogP contribution in [0.1, 0.15) is 23.1 Å². The first kappa shape index (κ1) is 21.5. The monoisotopic (exact) mass is 454 g/mol. The van der Waals surface area contributed by atoms with E-state index in [1.807, 2.05) is 54.6 Å². The molecule has 34 heavy (non-hydrogen) atoms. The highest BCUT2D eigenvalue weighted by Gasteiger charge is 2.30. The number of hydrogen-bond acceptors (Lipinski definition) is 6. The molecule has 2 heterocycles. The molecule has 2 N–H and O–H groups in total. The van der Waals surface area contributed by atoms with Crippen LogP contribution < -0.4 is 10.6 Å². The van der Waals surface area contributed by atoms with Crippen molar-refractivity contribution in [2.45, 2.75) is 13.0 Å². The van der Waals surface area contributed by atoms with Gasteiger partial charge in [-0.2, -0.15) is 0 Å². The summed E-state index contributed by atoms with van der Waals surface area (Å²) in [6, 6.07) is 21.6. The third kappa shape index (κ3) is 4.31. The van der Waals surface area contributed by atoms with Gasteiger partial charge in [0.05, 0.1) is 22.7 Å². The standard InChI is InChI=1S/C26H22N4O4/c31-21-12-13-29(16-21)15-17-6-8-19(9-7-17)27-25(18-4-2-1-3-5-18)24-22-14-20(30(33)34)10-11-23(22)28-26(24)32/h1-11,14,27H,12-13,15-16H2,(H,28,32). The molecule has 0 radical (unpaired) electrons. The van der Waals surface area contributed by atoms with Crippen molar-refractivity contribution in [2.24, 2.45) is 0 Å². The molecule has 0 saturated carbocycles. The Bertz CT molecular complexity index is 1320. The zero-order chi connectivity index (χ0) is 23.7. The van der Waals surface area contributed by atoms with E-state index in [2.05, 4.69) is 15.5 Å². The summed E-state index contributed by atoms with van der Waals surface area (Å²) in [5.74, 6) is -0.0510. The Morgan fingerprint density at radius 3 is 2.47 bits per heavy atom. The zero-order valence-electron chi connectivity index (χ0n) is 18.3. The third-order valence-corrected chi connectivity index (χ3v) is 6.01. The van der Waals surface area contributed by atoms with E-state index < -0.39 is 4.92 Å². The summed E-state index contributed by atoms with van der Waals surface area (Å²) >= 11 is 0. The highest BCUT2D eigenvalue weighted by molar-refractivity contribution is 6.37. The van der Waals surface area contributed by atoms with Crippen LogP contribution in [0.5, 0.6) is 0 Å². The van der Waals surface area contributed by atoms with Gasteiger partial charge in [-0.05, 0) is 29.3 Å². The Kier molecular flexibility index (Phi) is 5.65. The van der Waals surface area contributed by atoms with Gasteiger partial charge in [-0.15, -0.1) is 0 Å². The van der Waals surface area contributed by atoms with Crippen molar-refractivity contribution in [3.8, 4) is 0 Å². The largest absolute Gasteiger partial charge is 0.354 e. The molecule has 0 atom stereocenters. The molecule has 0 unspecified atom stereocenters. The predicted molar refractivity (Wildman–Crippen MR) is 130 cm³/mol. The number of amides is 1. The number of fused-ring (bicyclic) bond motifs is 1. The molecule has 1 saturated heterocycles. The lowest BCUT2D eigenvalue weighted by Crippen LogP contribution is -2.19. The molecule has 0 spiro atoms. The fraction of sp³-hybridized carbons (Fsp3) is 0.154. The van der Waals surface area contributed by atoms with Crippen LogP contribution in [0, 0.1) is 10.1 Å². The molecule has 1 amide bonds. The average molecular weight is 454 g/mol. The van der Waals surface area contributed by atoms with E-state index in [0.29, 0.717) is 42.0 Å². The first-order valence-electron chi connectivity index (χ1n) is 11.0. The van der Waals surface area contributed by atoms with Gasteiger partial charge in [0.15, 0.2) is 0 Å². The third-order valence-electron chi connectivity index (χ3n) is 6.01. The number of ketones is 1. The van der Waals surface area contributed by atoms with Gasteiger partial charge in [0, 0.05) is 48.6 Å². The summed E-state index contributed by atoms with van der Waals surface area (Å²) in [6.45, 7) is 1.98. The summed E-state index contributed by atoms with van der Waals surface area (Å²) < 4.78 is 0. The van der Waals surface area contributed by atoms with Crippen LogP contribution in [0.25, 0.3) is 11.3 Å². The molecule has 1 fully saturated rings. The number of hydrogen-bond donors (Lipinski definition) is 2. The minimum absolute atomic E-state index is 0.0788. The number of non-ortho nitro benzene ring substituents is 1. The van der Waals surface area contributed by atoms with Crippen molar-refractivity contribution >= 4 is 40.0 Å². The summed E-state index contributed by atoms with van der Waals surface area (Å²) in [5.41, 5.74) is 4.52. The number of benzene rings is 3. The van der Waals surface area contributed by atoms with Crippen molar-refractivity contribution in [3.63, 3.8) is 0 Å². The second-order valence-electron chi connectivity index (χ2n) is 8.38. The number of anilines is 2. The van der Waals surface area contributed by atoms with E-state index in [9.17, 15) is 19.7 Å². The maximum absolute atomic E-state index is 13.0. The molecule has 3 aromatic rings. The first-order chi connectivity index (χ1) is 16.5. The fourth-order valence-electron chi connectivity index (χ4n) is 4.32. The van der Waals surface area contributed by atoms with Crippen LogP contribution in [-0.2, 0) is 16.1 Å². The SMILES string of the molecule is O=C1CCN(Cc2ccc(NC(=C3C(=O)Nc4ccc([N+](=O)[O-])cc43)c3ccccc3)cc2)C1. The van der Waals surface area contributed by atoms with Gasteiger partial charge < -0.3 is 10.6 Å². The van der Waals surface area contributed by atoms with Gasteiger partial charge in [-0.1, -0.05) is 42.5 Å². The molecule has 2 aliphatic rings. The number of rotatable bonds is 6. The topological polar surface area (TPSA) is 105 Å². The zero-order valence-corrected chi connectivity index (χ0v) is 18.3. The van der Waals surface area contributed by atoms with Gasteiger partial charge in [-0.25, -0.2) is 0 Å². The molecule has 0 aromatic heterocycles. The van der Waals surface area contributed by atoms with Crippen LogP contribution in [0.4, 0.5) is 17.1 Å². The Hall–Kier alpha value is -4.30. The number of nitro benzene ring substituents is 1. The number of nitro groups is 1. The molecule has 5 rings (SSSR count). The van der Waals surface area contributed by atoms with Gasteiger partial charge >= 0.3 is 0 Å². The number of nitrogens with zero attached hydrogens (tertiary/aromatic N) is 2. The molecular formula is C26H22N4O4. The number of likely N-dealkylation sites (tertiary alicyclic amines) is 1. The summed E-state index contributed by atoms with van der Waals surface area (Å²) in [4.78, 5) is 37.5. The summed E-state index contributed by atoms with van der Waals surface area (Å²) in [7, 11) is 0. The van der Waals surface area contributed by atoms with Crippen LogP contribution >= 0.6 is 0 Å². The van der Waals surface area contributed by atoms with Gasteiger partial charge in [0.25, 0.3) is 11.6 Å². The average Bonchev–Trinajstić information content (AvgIpc) is 3.40. The van der Waals surface area contributed by atoms with Gasteiger partial charge in [0.2, 0.25) is 0 Å². The minimum Gasteiger partial charge on any atom is -0.354 e. The van der Waals surface area contributed by atoms with Gasteiger partial charge in [0.1, 0.15) is 5.78 Å². The molecule has 0 aliphatic carbocycles. The smallest absolute Gasteiger partial charge is 0.270 e. The molecular weight excluding hydrogens is 432 g/mol. The summed E-state index contributed by atoms with van der Waals surface area (Å²) in [5, 5.41) is 17.5. The van der Waals surface area contributed by atoms with Crippen LogP contribution in [0.2, 0.25) is 0 Å². The van der Waals surface area contributed by atoms with Crippen molar-refractivity contribution in [1.29, 1.82) is 0 Å². The van der Waals surface area contributed by atoms with E-state index >= 15 is 0 Å². The second kappa shape index (κ2) is 8.92. The maximum Gasteiger partial charge on any atom is 0.270 e. The quantitative estimate of drug-likeness (QED) is 0.327. The van der Waals surface area contributed by atoms with Crippen molar-refractivity contribution < 1.29 is 14.5 Å². The second-order valence-corrected chi connectivity index (χ2v) is 8.38. The fourth-order valence-corrected chi connectivity index (χ4v) is 4.32. The van der Waals surface area contributed by atoms with Gasteiger partial charge in [-0.3, -0.25) is 24.6 Å². The number of carbonyl (C=O) groups is 2. The van der Waals surface area contributed by atoms with Crippen LogP contribution in [-0.4, -0.2) is 34.6 Å². The van der Waals surface area contributed by atoms with Crippen LogP contribution in [0.3, 0.4) is 0 Å². The van der Waals surface area contributed by atoms with E-state index in [-0.39, 0.29) is 17.4 Å². The Labute approximate surface area is 196 Å². The number of nitrogens with one attached hydrogen (secondary N) is 2. The minimum atomic E-state index is -0.469. The highest BCUT2D eigenvalue weighted by Crippen LogP contribution is 2.39. The van der Waals surface area contributed by atoms with E-state index in [1.54, 1.807) is 6.07 Å². The first-order valence-corrected chi connectivity index (χ1v) is 11.0. The lowest BCUT2D eigenvalue weighted by atomic mass is 9.99. The normalized spacial score (nSPS) is 16.8. The molecule has 170 valence electrons.